The topological polar surface area (TPSA) is 54.3 Å². The molecule has 0 spiro atoms. The van der Waals surface area contributed by atoms with Crippen molar-refractivity contribution in [3.8, 4) is 11.8 Å². The van der Waals surface area contributed by atoms with Crippen LogP contribution in [0.2, 0.25) is 0 Å². The third-order valence-corrected chi connectivity index (χ3v) is 3.87. The fraction of sp³-hybridized carbons (Fsp3) is 0.588. The Morgan fingerprint density at radius 1 is 1.38 bits per heavy atom. The zero-order valence-electron chi connectivity index (χ0n) is 12.7. The van der Waals surface area contributed by atoms with E-state index in [0.717, 1.165) is 25.3 Å². The van der Waals surface area contributed by atoms with E-state index in [1.165, 1.54) is 24.8 Å². The van der Waals surface area contributed by atoms with Crippen molar-refractivity contribution in [2.75, 3.05) is 19.8 Å². The van der Waals surface area contributed by atoms with Gasteiger partial charge in [-0.2, -0.15) is 5.26 Å². The Labute approximate surface area is 127 Å². The summed E-state index contributed by atoms with van der Waals surface area (Å²) in [5.41, 5.74) is 1.23. The SMILES string of the molecule is CC(NCCC1CCCCO1)c1ccc(OCC#N)cc1. The number of nitrogens with one attached hydrogen (secondary N) is 1. The van der Waals surface area contributed by atoms with E-state index < -0.39 is 0 Å². The van der Waals surface area contributed by atoms with Crippen molar-refractivity contribution < 1.29 is 9.47 Å². The Bertz CT molecular complexity index is 447. The maximum absolute atomic E-state index is 8.48. The first kappa shape index (κ1) is 15.8. The van der Waals surface area contributed by atoms with Crippen LogP contribution in [0.1, 0.15) is 44.2 Å². The third-order valence-electron chi connectivity index (χ3n) is 3.87. The number of nitrogens with zero attached hydrogens (tertiary/aromatic N) is 1. The summed E-state index contributed by atoms with van der Waals surface area (Å²) >= 11 is 0. The summed E-state index contributed by atoms with van der Waals surface area (Å²) < 4.78 is 11.0. The van der Waals surface area contributed by atoms with Crippen molar-refractivity contribution in [2.24, 2.45) is 0 Å². The molecule has 0 radical (unpaired) electrons. The second-order valence-electron chi connectivity index (χ2n) is 5.47. The van der Waals surface area contributed by atoms with Gasteiger partial charge >= 0.3 is 0 Å². The molecule has 1 heterocycles. The molecule has 1 fully saturated rings. The number of ether oxygens (including phenoxy) is 2. The van der Waals surface area contributed by atoms with Crippen LogP contribution in [0.15, 0.2) is 24.3 Å². The molecule has 0 amide bonds. The number of rotatable bonds is 7. The molecular formula is C17H24N2O2. The smallest absolute Gasteiger partial charge is 0.174 e. The molecule has 21 heavy (non-hydrogen) atoms. The molecule has 2 rings (SSSR count). The Morgan fingerprint density at radius 3 is 2.86 bits per heavy atom. The molecule has 1 aromatic rings. The molecule has 1 aliphatic rings. The van der Waals surface area contributed by atoms with E-state index in [9.17, 15) is 0 Å². The van der Waals surface area contributed by atoms with Crippen molar-refractivity contribution in [2.45, 2.75) is 44.8 Å². The molecule has 4 nitrogen and oxygen atoms in total. The predicted octanol–water partition coefficient (Wildman–Crippen LogP) is 3.20. The van der Waals surface area contributed by atoms with Crippen LogP contribution in [0.25, 0.3) is 0 Å². The van der Waals surface area contributed by atoms with Gasteiger partial charge in [-0.05, 0) is 56.8 Å². The van der Waals surface area contributed by atoms with E-state index in [2.05, 4.69) is 12.2 Å². The normalized spacial score (nSPS) is 19.7. The maximum Gasteiger partial charge on any atom is 0.174 e. The monoisotopic (exact) mass is 288 g/mol. The molecule has 1 aromatic carbocycles. The van der Waals surface area contributed by atoms with Gasteiger partial charge in [0.2, 0.25) is 0 Å². The molecule has 2 unspecified atom stereocenters. The van der Waals surface area contributed by atoms with E-state index in [0.29, 0.717) is 12.1 Å². The van der Waals surface area contributed by atoms with Gasteiger partial charge in [-0.15, -0.1) is 0 Å². The highest BCUT2D eigenvalue weighted by Crippen LogP contribution is 2.19. The third kappa shape index (κ3) is 5.37. The van der Waals surface area contributed by atoms with Gasteiger partial charge in [0.15, 0.2) is 6.61 Å². The van der Waals surface area contributed by atoms with E-state index in [1.54, 1.807) is 0 Å². The van der Waals surface area contributed by atoms with Crippen LogP contribution in [0.3, 0.4) is 0 Å². The lowest BCUT2D eigenvalue weighted by molar-refractivity contribution is 0.0112. The van der Waals surface area contributed by atoms with Gasteiger partial charge in [0.05, 0.1) is 6.10 Å². The zero-order valence-corrected chi connectivity index (χ0v) is 12.7. The second-order valence-corrected chi connectivity index (χ2v) is 5.47. The van der Waals surface area contributed by atoms with Crippen LogP contribution < -0.4 is 10.1 Å². The molecule has 4 heteroatoms. The van der Waals surface area contributed by atoms with Gasteiger partial charge in [0.1, 0.15) is 11.8 Å². The number of benzene rings is 1. The standard InChI is InChI=1S/C17H24N2O2/c1-14(19-11-9-16-4-2-3-12-20-16)15-5-7-17(8-6-15)21-13-10-18/h5-8,14,16,19H,2-4,9,11-13H2,1H3. The van der Waals surface area contributed by atoms with Gasteiger partial charge < -0.3 is 14.8 Å². The molecular weight excluding hydrogens is 264 g/mol. The highest BCUT2D eigenvalue weighted by atomic mass is 16.5. The predicted molar refractivity (Wildman–Crippen MR) is 82.2 cm³/mol. The molecule has 0 aliphatic carbocycles. The summed E-state index contributed by atoms with van der Waals surface area (Å²) in [6.07, 6.45) is 5.21. The Kier molecular flexibility index (Phi) is 6.52. The summed E-state index contributed by atoms with van der Waals surface area (Å²) in [7, 11) is 0. The lowest BCUT2D eigenvalue weighted by Gasteiger charge is -2.23. The van der Waals surface area contributed by atoms with Crippen LogP contribution in [-0.4, -0.2) is 25.9 Å². The molecule has 0 aromatic heterocycles. The highest BCUT2D eigenvalue weighted by Gasteiger charge is 2.13. The van der Waals surface area contributed by atoms with E-state index in [4.69, 9.17) is 14.7 Å². The van der Waals surface area contributed by atoms with Gasteiger partial charge in [0, 0.05) is 12.6 Å². The Hall–Kier alpha value is -1.57. The van der Waals surface area contributed by atoms with Gasteiger partial charge in [-0.3, -0.25) is 0 Å². The highest BCUT2D eigenvalue weighted by molar-refractivity contribution is 5.29. The summed E-state index contributed by atoms with van der Waals surface area (Å²) in [5, 5.41) is 12.0. The molecule has 1 aliphatic heterocycles. The zero-order chi connectivity index (χ0) is 14.9. The maximum atomic E-state index is 8.48. The Morgan fingerprint density at radius 2 is 2.19 bits per heavy atom. The molecule has 114 valence electrons. The molecule has 0 bridgehead atoms. The molecule has 2 atom stereocenters. The van der Waals surface area contributed by atoms with Crippen molar-refractivity contribution in [1.29, 1.82) is 5.26 Å². The van der Waals surface area contributed by atoms with Gasteiger partial charge in [0.25, 0.3) is 0 Å². The minimum absolute atomic E-state index is 0.0918. The fourth-order valence-corrected chi connectivity index (χ4v) is 2.58. The average Bonchev–Trinajstić information content (AvgIpc) is 2.54. The van der Waals surface area contributed by atoms with Crippen molar-refractivity contribution in [3.63, 3.8) is 0 Å². The van der Waals surface area contributed by atoms with Crippen molar-refractivity contribution >= 4 is 0 Å². The van der Waals surface area contributed by atoms with Crippen molar-refractivity contribution in [3.05, 3.63) is 29.8 Å². The number of nitriles is 1. The summed E-state index contributed by atoms with van der Waals surface area (Å²) in [6.45, 7) is 4.14. The van der Waals surface area contributed by atoms with Crippen LogP contribution in [-0.2, 0) is 4.74 Å². The van der Waals surface area contributed by atoms with E-state index in [-0.39, 0.29) is 6.61 Å². The first-order valence-electron chi connectivity index (χ1n) is 7.74. The first-order chi connectivity index (χ1) is 10.3. The van der Waals surface area contributed by atoms with Gasteiger partial charge in [-0.1, -0.05) is 12.1 Å². The van der Waals surface area contributed by atoms with E-state index in [1.807, 2.05) is 30.3 Å². The van der Waals surface area contributed by atoms with E-state index >= 15 is 0 Å². The van der Waals surface area contributed by atoms with Crippen LogP contribution in [0.5, 0.6) is 5.75 Å². The summed E-state index contributed by atoms with van der Waals surface area (Å²) in [4.78, 5) is 0. The lowest BCUT2D eigenvalue weighted by Crippen LogP contribution is -2.27. The second kappa shape index (κ2) is 8.66. The van der Waals surface area contributed by atoms with Crippen LogP contribution >= 0.6 is 0 Å². The minimum Gasteiger partial charge on any atom is -0.479 e. The number of hydrogen-bond donors (Lipinski definition) is 1. The van der Waals surface area contributed by atoms with Gasteiger partial charge in [-0.25, -0.2) is 0 Å². The average molecular weight is 288 g/mol. The summed E-state index contributed by atoms with van der Waals surface area (Å²) in [5.74, 6) is 0.739. The molecule has 1 saturated heterocycles. The van der Waals surface area contributed by atoms with Crippen LogP contribution in [0.4, 0.5) is 0 Å². The minimum atomic E-state index is 0.0918. The lowest BCUT2D eigenvalue weighted by atomic mass is 10.1. The molecule has 1 N–H and O–H groups in total. The fourth-order valence-electron chi connectivity index (χ4n) is 2.58. The number of hydrogen-bond acceptors (Lipinski definition) is 4. The first-order valence-corrected chi connectivity index (χ1v) is 7.74. The van der Waals surface area contributed by atoms with Crippen LogP contribution in [0, 0.1) is 11.3 Å². The Balaban J connectivity index is 1.72. The van der Waals surface area contributed by atoms with Crippen molar-refractivity contribution in [1.82, 2.24) is 5.32 Å². The quantitative estimate of drug-likeness (QED) is 0.837. The largest absolute Gasteiger partial charge is 0.479 e. The molecule has 0 saturated carbocycles. The summed E-state index contributed by atoms with van der Waals surface area (Å²) in [6, 6.07) is 10.2.